The zero-order valence-corrected chi connectivity index (χ0v) is 10.5. The first-order valence-electron chi connectivity index (χ1n) is 5.71. The minimum Gasteiger partial charge on any atom is -0.389 e. The van der Waals surface area contributed by atoms with Gasteiger partial charge in [-0.1, -0.05) is 23.3 Å². The topological polar surface area (TPSA) is 38.0 Å². The summed E-state index contributed by atoms with van der Waals surface area (Å²) < 4.78 is 1.95. The summed E-state index contributed by atoms with van der Waals surface area (Å²) in [5.74, 6) is 0. The molecular formula is C12H17ClN2O. The van der Waals surface area contributed by atoms with Crippen LogP contribution < -0.4 is 0 Å². The summed E-state index contributed by atoms with van der Waals surface area (Å²) >= 11 is 6.23. The first-order chi connectivity index (χ1) is 7.61. The van der Waals surface area contributed by atoms with Gasteiger partial charge in [0.2, 0.25) is 0 Å². The van der Waals surface area contributed by atoms with Crippen molar-refractivity contribution in [1.29, 1.82) is 0 Å². The summed E-state index contributed by atoms with van der Waals surface area (Å²) in [6, 6.07) is 0. The highest BCUT2D eigenvalue weighted by atomic mass is 35.5. The molecule has 1 heterocycles. The van der Waals surface area contributed by atoms with Gasteiger partial charge in [-0.25, -0.2) is 0 Å². The van der Waals surface area contributed by atoms with E-state index in [0.717, 1.165) is 42.2 Å². The van der Waals surface area contributed by atoms with Crippen molar-refractivity contribution < 1.29 is 5.11 Å². The van der Waals surface area contributed by atoms with Crippen LogP contribution in [0, 0.1) is 6.92 Å². The Morgan fingerprint density at radius 3 is 2.94 bits per heavy atom. The molecule has 0 fully saturated rings. The van der Waals surface area contributed by atoms with Gasteiger partial charge in [-0.15, -0.1) is 0 Å². The monoisotopic (exact) mass is 240 g/mol. The number of hydrogen-bond donors (Lipinski definition) is 1. The van der Waals surface area contributed by atoms with Gasteiger partial charge in [0, 0.05) is 13.0 Å². The Labute approximate surface area is 101 Å². The molecule has 16 heavy (non-hydrogen) atoms. The molecule has 0 aromatic carbocycles. The summed E-state index contributed by atoms with van der Waals surface area (Å²) in [5.41, 5.74) is 3.23. The molecule has 88 valence electrons. The van der Waals surface area contributed by atoms with Crippen molar-refractivity contribution in [2.45, 2.75) is 45.8 Å². The maximum Gasteiger partial charge on any atom is 0.0850 e. The molecule has 1 unspecified atom stereocenters. The molecule has 0 saturated heterocycles. The SMILES string of the molecule is CCn1nc(C)c(Cl)c1CC1=CC(O)CC1. The van der Waals surface area contributed by atoms with E-state index in [2.05, 4.69) is 12.0 Å². The molecule has 2 rings (SSSR count). The molecule has 0 saturated carbocycles. The fraction of sp³-hybridized carbons (Fsp3) is 0.583. The average Bonchev–Trinajstić information content (AvgIpc) is 2.77. The Balaban J connectivity index is 2.23. The lowest BCUT2D eigenvalue weighted by Gasteiger charge is -2.05. The molecule has 1 aromatic rings. The quantitative estimate of drug-likeness (QED) is 0.825. The predicted molar refractivity (Wildman–Crippen MR) is 64.7 cm³/mol. The highest BCUT2D eigenvalue weighted by Crippen LogP contribution is 2.27. The van der Waals surface area contributed by atoms with Gasteiger partial charge in [-0.3, -0.25) is 4.68 Å². The van der Waals surface area contributed by atoms with Crippen LogP contribution in [0.3, 0.4) is 0 Å². The number of aliphatic hydroxyl groups is 1. The van der Waals surface area contributed by atoms with Crippen molar-refractivity contribution in [3.05, 3.63) is 28.1 Å². The molecule has 1 aliphatic rings. The van der Waals surface area contributed by atoms with Crippen molar-refractivity contribution in [1.82, 2.24) is 9.78 Å². The molecule has 0 amide bonds. The summed E-state index contributed by atoms with van der Waals surface area (Å²) in [7, 11) is 0. The lowest BCUT2D eigenvalue weighted by molar-refractivity contribution is 0.223. The van der Waals surface area contributed by atoms with E-state index in [1.54, 1.807) is 0 Å². The summed E-state index contributed by atoms with van der Waals surface area (Å²) in [4.78, 5) is 0. The molecule has 0 radical (unpaired) electrons. The van der Waals surface area contributed by atoms with Crippen LogP contribution in [0.1, 0.15) is 31.2 Å². The van der Waals surface area contributed by atoms with E-state index in [4.69, 9.17) is 11.6 Å². The number of nitrogens with zero attached hydrogens (tertiary/aromatic N) is 2. The van der Waals surface area contributed by atoms with Gasteiger partial charge in [0.25, 0.3) is 0 Å². The third kappa shape index (κ3) is 2.15. The largest absolute Gasteiger partial charge is 0.389 e. The van der Waals surface area contributed by atoms with Crippen LogP contribution in [-0.4, -0.2) is 21.0 Å². The fourth-order valence-corrected chi connectivity index (χ4v) is 2.37. The fourth-order valence-electron chi connectivity index (χ4n) is 2.17. The lowest BCUT2D eigenvalue weighted by Crippen LogP contribution is -2.03. The summed E-state index contributed by atoms with van der Waals surface area (Å²) in [6.07, 6.45) is 4.29. The Kier molecular flexibility index (Phi) is 3.36. The zero-order chi connectivity index (χ0) is 11.7. The minimum absolute atomic E-state index is 0.270. The van der Waals surface area contributed by atoms with E-state index >= 15 is 0 Å². The van der Waals surface area contributed by atoms with Crippen molar-refractivity contribution in [2.75, 3.05) is 0 Å². The first-order valence-corrected chi connectivity index (χ1v) is 6.09. The number of aliphatic hydroxyl groups excluding tert-OH is 1. The van der Waals surface area contributed by atoms with E-state index in [9.17, 15) is 5.11 Å². The van der Waals surface area contributed by atoms with Crippen LogP contribution >= 0.6 is 11.6 Å². The van der Waals surface area contributed by atoms with Gasteiger partial charge >= 0.3 is 0 Å². The molecule has 1 atom stereocenters. The first kappa shape index (κ1) is 11.7. The van der Waals surface area contributed by atoms with Gasteiger partial charge in [-0.05, 0) is 26.7 Å². The minimum atomic E-state index is -0.270. The molecule has 0 spiro atoms. The number of aromatic nitrogens is 2. The maximum atomic E-state index is 9.45. The Hall–Kier alpha value is -0.800. The second-order valence-corrected chi connectivity index (χ2v) is 4.65. The van der Waals surface area contributed by atoms with Crippen LogP contribution in [-0.2, 0) is 13.0 Å². The number of halogens is 1. The Bertz CT molecular complexity index is 423. The highest BCUT2D eigenvalue weighted by molar-refractivity contribution is 6.31. The second kappa shape index (κ2) is 4.60. The van der Waals surface area contributed by atoms with Crippen LogP contribution in [0.5, 0.6) is 0 Å². The van der Waals surface area contributed by atoms with Crippen LogP contribution in [0.25, 0.3) is 0 Å². The van der Waals surface area contributed by atoms with E-state index in [-0.39, 0.29) is 6.10 Å². The van der Waals surface area contributed by atoms with Crippen molar-refractivity contribution in [3.8, 4) is 0 Å². The number of rotatable bonds is 3. The van der Waals surface area contributed by atoms with Gasteiger partial charge in [-0.2, -0.15) is 5.10 Å². The van der Waals surface area contributed by atoms with Gasteiger partial charge in [0.15, 0.2) is 0 Å². The predicted octanol–water partition coefficient (Wildman–Crippen LogP) is 2.49. The maximum absolute atomic E-state index is 9.45. The third-order valence-corrected chi connectivity index (χ3v) is 3.53. The highest BCUT2D eigenvalue weighted by Gasteiger charge is 2.18. The third-order valence-electron chi connectivity index (χ3n) is 3.04. The van der Waals surface area contributed by atoms with E-state index in [0.29, 0.717) is 0 Å². The molecular weight excluding hydrogens is 224 g/mol. The molecule has 0 aliphatic heterocycles. The average molecular weight is 241 g/mol. The number of aryl methyl sites for hydroxylation is 2. The normalized spacial score (nSPS) is 20.2. The number of hydrogen-bond acceptors (Lipinski definition) is 2. The molecule has 1 N–H and O–H groups in total. The van der Waals surface area contributed by atoms with E-state index < -0.39 is 0 Å². The molecule has 0 bridgehead atoms. The standard InChI is InChI=1S/C12H17ClN2O/c1-3-15-11(12(13)8(2)14-15)7-9-4-5-10(16)6-9/h6,10,16H,3-5,7H2,1-2H3. The summed E-state index contributed by atoms with van der Waals surface area (Å²) in [6.45, 7) is 4.82. The smallest absolute Gasteiger partial charge is 0.0850 e. The molecule has 1 aliphatic carbocycles. The van der Waals surface area contributed by atoms with Gasteiger partial charge in [0.05, 0.1) is 22.5 Å². The van der Waals surface area contributed by atoms with Crippen LogP contribution in [0.4, 0.5) is 0 Å². The second-order valence-electron chi connectivity index (χ2n) is 4.27. The van der Waals surface area contributed by atoms with E-state index in [1.165, 1.54) is 5.57 Å². The molecule has 4 heteroatoms. The van der Waals surface area contributed by atoms with Crippen molar-refractivity contribution in [3.63, 3.8) is 0 Å². The molecule has 1 aromatic heterocycles. The number of allylic oxidation sites excluding steroid dienone is 1. The zero-order valence-electron chi connectivity index (χ0n) is 9.70. The van der Waals surface area contributed by atoms with Crippen molar-refractivity contribution in [2.24, 2.45) is 0 Å². The molecule has 3 nitrogen and oxygen atoms in total. The Morgan fingerprint density at radius 1 is 1.62 bits per heavy atom. The van der Waals surface area contributed by atoms with Gasteiger partial charge in [0.1, 0.15) is 0 Å². The van der Waals surface area contributed by atoms with Crippen LogP contribution in [0.15, 0.2) is 11.6 Å². The lowest BCUT2D eigenvalue weighted by atomic mass is 10.1. The van der Waals surface area contributed by atoms with E-state index in [1.807, 2.05) is 17.7 Å². The van der Waals surface area contributed by atoms with Crippen LogP contribution in [0.2, 0.25) is 5.02 Å². The summed E-state index contributed by atoms with van der Waals surface area (Å²) in [5, 5.41) is 14.6. The van der Waals surface area contributed by atoms with Gasteiger partial charge < -0.3 is 5.11 Å². The van der Waals surface area contributed by atoms with Crippen molar-refractivity contribution >= 4 is 11.6 Å². The Morgan fingerprint density at radius 2 is 2.38 bits per heavy atom.